The molecule has 1 saturated carbocycles. The molecule has 1 amide bonds. The van der Waals surface area contributed by atoms with Crippen LogP contribution in [0.15, 0.2) is 0 Å². The number of rotatable bonds is 7. The molecule has 1 N–H and O–H groups in total. The summed E-state index contributed by atoms with van der Waals surface area (Å²) >= 11 is 0. The summed E-state index contributed by atoms with van der Waals surface area (Å²) in [4.78, 5) is 14.9. The molecule has 20 heavy (non-hydrogen) atoms. The van der Waals surface area contributed by atoms with E-state index in [4.69, 9.17) is 4.74 Å². The fourth-order valence-corrected chi connectivity index (χ4v) is 3.58. The second-order valence-corrected chi connectivity index (χ2v) is 6.63. The van der Waals surface area contributed by atoms with Gasteiger partial charge in [0.1, 0.15) is 0 Å². The largest absolute Gasteiger partial charge is 0.382 e. The summed E-state index contributed by atoms with van der Waals surface area (Å²) in [6, 6.07) is 0. The molecule has 4 heteroatoms. The molecule has 2 aliphatic rings. The Balaban J connectivity index is 1.98. The van der Waals surface area contributed by atoms with Crippen molar-refractivity contribution in [3.63, 3.8) is 0 Å². The van der Waals surface area contributed by atoms with Crippen molar-refractivity contribution in [2.24, 2.45) is 5.92 Å². The fraction of sp³-hybridized carbons (Fsp3) is 0.938. The minimum atomic E-state index is -0.231. The van der Waals surface area contributed by atoms with E-state index in [1.165, 1.54) is 12.8 Å². The van der Waals surface area contributed by atoms with Crippen LogP contribution in [0, 0.1) is 5.92 Å². The highest BCUT2D eigenvalue weighted by atomic mass is 16.5. The molecule has 1 heterocycles. The van der Waals surface area contributed by atoms with Gasteiger partial charge in [-0.15, -0.1) is 0 Å². The summed E-state index contributed by atoms with van der Waals surface area (Å²) in [5, 5.41) is 3.67. The molecule has 0 aromatic carbocycles. The first-order chi connectivity index (χ1) is 9.59. The van der Waals surface area contributed by atoms with E-state index in [1.807, 2.05) is 6.92 Å². The molecule has 2 rings (SSSR count). The average molecular weight is 282 g/mol. The van der Waals surface area contributed by atoms with Crippen molar-refractivity contribution < 1.29 is 9.53 Å². The fourth-order valence-electron chi connectivity index (χ4n) is 3.58. The Morgan fingerprint density at radius 2 is 2.10 bits per heavy atom. The maximum Gasteiger partial charge on any atom is 0.244 e. The number of ether oxygens (including phenoxy) is 1. The molecular weight excluding hydrogens is 252 g/mol. The molecule has 1 aliphatic carbocycles. The van der Waals surface area contributed by atoms with Crippen LogP contribution in [-0.2, 0) is 9.53 Å². The number of hydrogen-bond acceptors (Lipinski definition) is 3. The number of nitrogens with one attached hydrogen (secondary N) is 1. The number of carbonyl (C=O) groups is 1. The lowest BCUT2D eigenvalue weighted by atomic mass is 9.98. The number of nitrogens with zero attached hydrogens (tertiary/aromatic N) is 1. The lowest BCUT2D eigenvalue weighted by molar-refractivity contribution is -0.133. The third-order valence-electron chi connectivity index (χ3n) is 4.53. The highest BCUT2D eigenvalue weighted by molar-refractivity contribution is 5.89. The summed E-state index contributed by atoms with van der Waals surface area (Å²) in [5.74, 6) is 0.948. The molecule has 1 unspecified atom stereocenters. The van der Waals surface area contributed by atoms with Crippen molar-refractivity contribution in [1.29, 1.82) is 0 Å². The molecule has 0 radical (unpaired) electrons. The van der Waals surface area contributed by atoms with Crippen LogP contribution >= 0.6 is 0 Å². The van der Waals surface area contributed by atoms with E-state index < -0.39 is 0 Å². The van der Waals surface area contributed by atoms with Gasteiger partial charge >= 0.3 is 0 Å². The summed E-state index contributed by atoms with van der Waals surface area (Å²) in [5.41, 5.74) is -0.231. The second-order valence-electron chi connectivity index (χ2n) is 6.63. The van der Waals surface area contributed by atoms with Crippen LogP contribution in [0.5, 0.6) is 0 Å². The lowest BCUT2D eigenvalue weighted by Crippen LogP contribution is -2.44. The van der Waals surface area contributed by atoms with Gasteiger partial charge in [-0.2, -0.15) is 0 Å². The minimum Gasteiger partial charge on any atom is -0.382 e. The first-order valence-corrected chi connectivity index (χ1v) is 8.25. The number of carbonyl (C=O) groups excluding carboxylic acids is 1. The summed E-state index contributed by atoms with van der Waals surface area (Å²) in [7, 11) is 0. The molecule has 1 saturated heterocycles. The van der Waals surface area contributed by atoms with E-state index in [1.54, 1.807) is 0 Å². The first-order valence-electron chi connectivity index (χ1n) is 8.25. The van der Waals surface area contributed by atoms with Crippen molar-refractivity contribution in [3.8, 4) is 0 Å². The molecule has 2 fully saturated rings. The smallest absolute Gasteiger partial charge is 0.244 e. The van der Waals surface area contributed by atoms with E-state index >= 15 is 0 Å². The third-order valence-corrected chi connectivity index (χ3v) is 4.53. The quantitative estimate of drug-likeness (QED) is 0.730. The Hall–Kier alpha value is -0.610. The highest BCUT2D eigenvalue weighted by Gasteiger charge is 2.51. The number of amides is 1. The van der Waals surface area contributed by atoms with Crippen molar-refractivity contribution in [1.82, 2.24) is 10.2 Å². The van der Waals surface area contributed by atoms with Crippen LogP contribution in [0.1, 0.15) is 59.3 Å². The Labute approximate surface area is 123 Å². The van der Waals surface area contributed by atoms with Crippen molar-refractivity contribution in [2.45, 2.75) is 71.0 Å². The average Bonchev–Trinajstić information content (AvgIpc) is 2.95. The molecule has 1 atom stereocenters. The summed E-state index contributed by atoms with van der Waals surface area (Å²) in [6.07, 6.45) is 6.60. The van der Waals surface area contributed by atoms with Gasteiger partial charge in [0, 0.05) is 19.8 Å². The molecule has 1 aliphatic heterocycles. The summed E-state index contributed by atoms with van der Waals surface area (Å²) < 4.78 is 5.40. The van der Waals surface area contributed by atoms with Crippen molar-refractivity contribution in [3.05, 3.63) is 0 Å². The Bertz CT molecular complexity index is 324. The Kier molecular flexibility index (Phi) is 5.44. The molecule has 4 nitrogen and oxygen atoms in total. The van der Waals surface area contributed by atoms with Gasteiger partial charge in [-0.1, -0.05) is 26.7 Å². The van der Waals surface area contributed by atoms with Gasteiger partial charge in [0.15, 0.2) is 0 Å². The summed E-state index contributed by atoms with van der Waals surface area (Å²) in [6.45, 7) is 8.80. The molecule has 116 valence electrons. The van der Waals surface area contributed by atoms with E-state index in [9.17, 15) is 4.79 Å². The topological polar surface area (TPSA) is 41.6 Å². The second kappa shape index (κ2) is 6.90. The molecule has 0 aromatic rings. The standard InChI is InChI=1S/C16H30N2O2/c1-4-20-11-7-10-18-14(12-13(2)3)17-16(15(18)19)8-5-6-9-16/h13-14,17H,4-12H2,1-3H3. The van der Waals surface area contributed by atoms with Crippen LogP contribution in [0.3, 0.4) is 0 Å². The van der Waals surface area contributed by atoms with Crippen molar-refractivity contribution >= 4 is 5.91 Å². The van der Waals surface area contributed by atoms with Gasteiger partial charge in [-0.05, 0) is 38.5 Å². The molecule has 0 aromatic heterocycles. The van der Waals surface area contributed by atoms with Crippen LogP contribution in [0.25, 0.3) is 0 Å². The van der Waals surface area contributed by atoms with Gasteiger partial charge in [0.2, 0.25) is 5.91 Å². The Morgan fingerprint density at radius 3 is 2.70 bits per heavy atom. The molecule has 0 bridgehead atoms. The maximum absolute atomic E-state index is 12.8. The van der Waals surface area contributed by atoms with E-state index in [0.717, 1.165) is 45.4 Å². The lowest BCUT2D eigenvalue weighted by Gasteiger charge is -2.25. The maximum atomic E-state index is 12.8. The zero-order valence-electron chi connectivity index (χ0n) is 13.3. The van der Waals surface area contributed by atoms with Crippen LogP contribution in [-0.4, -0.2) is 42.3 Å². The van der Waals surface area contributed by atoms with E-state index in [-0.39, 0.29) is 11.7 Å². The van der Waals surface area contributed by atoms with E-state index in [2.05, 4.69) is 24.1 Å². The van der Waals surface area contributed by atoms with Gasteiger partial charge in [0.05, 0.1) is 11.7 Å². The third kappa shape index (κ3) is 3.34. The van der Waals surface area contributed by atoms with Crippen LogP contribution < -0.4 is 5.32 Å². The zero-order chi connectivity index (χ0) is 14.6. The van der Waals surface area contributed by atoms with E-state index in [0.29, 0.717) is 11.8 Å². The van der Waals surface area contributed by atoms with Crippen LogP contribution in [0.2, 0.25) is 0 Å². The molecular formula is C16H30N2O2. The van der Waals surface area contributed by atoms with Crippen LogP contribution in [0.4, 0.5) is 0 Å². The normalized spacial score (nSPS) is 25.3. The molecule has 1 spiro atoms. The van der Waals surface area contributed by atoms with Gasteiger partial charge in [-0.25, -0.2) is 0 Å². The predicted octanol–water partition coefficient (Wildman–Crippen LogP) is 2.53. The van der Waals surface area contributed by atoms with Crippen molar-refractivity contribution in [2.75, 3.05) is 19.8 Å². The monoisotopic (exact) mass is 282 g/mol. The van der Waals surface area contributed by atoms with Gasteiger partial charge in [-0.3, -0.25) is 10.1 Å². The van der Waals surface area contributed by atoms with Gasteiger partial charge < -0.3 is 9.64 Å². The highest BCUT2D eigenvalue weighted by Crippen LogP contribution is 2.37. The Morgan fingerprint density at radius 1 is 1.40 bits per heavy atom. The first kappa shape index (κ1) is 15.8. The zero-order valence-corrected chi connectivity index (χ0v) is 13.3. The number of hydrogen-bond donors (Lipinski definition) is 1. The minimum absolute atomic E-state index is 0.224. The SMILES string of the molecule is CCOCCCN1C(=O)C2(CCCC2)NC1CC(C)C. The van der Waals surface area contributed by atoms with Gasteiger partial charge in [0.25, 0.3) is 0 Å². The predicted molar refractivity (Wildman–Crippen MR) is 80.4 cm³/mol.